The summed E-state index contributed by atoms with van der Waals surface area (Å²) in [4.78, 5) is 21.7. The number of carbonyl (C=O) groups is 1. The molecule has 2 rings (SSSR count). The molecule has 0 saturated carbocycles. The van der Waals surface area contributed by atoms with Crippen LogP contribution in [-0.4, -0.2) is 29.5 Å². The second-order valence-electron chi connectivity index (χ2n) is 5.32. The van der Waals surface area contributed by atoms with Crippen LogP contribution in [0.15, 0.2) is 40.4 Å². The molecule has 0 spiro atoms. The highest BCUT2D eigenvalue weighted by atomic mass is 32.2. The van der Waals surface area contributed by atoms with Gasteiger partial charge in [0.05, 0.1) is 0 Å². The standard InChI is InChI=1S/C17H22N4OS/c1-12-11-13(2)20-17(19-12)23-15-8-6-14(7-9-15)21-16(22)5-4-10-18-3/h6-9,11,18H,4-5,10H2,1-3H3,(H,21,22). The van der Waals surface area contributed by atoms with E-state index in [1.165, 1.54) is 11.8 Å². The maximum Gasteiger partial charge on any atom is 0.224 e. The topological polar surface area (TPSA) is 66.9 Å². The van der Waals surface area contributed by atoms with E-state index >= 15 is 0 Å². The van der Waals surface area contributed by atoms with Crippen molar-refractivity contribution in [3.8, 4) is 0 Å². The fraction of sp³-hybridized carbons (Fsp3) is 0.353. The van der Waals surface area contributed by atoms with Gasteiger partial charge < -0.3 is 10.6 Å². The molecule has 0 aliphatic heterocycles. The van der Waals surface area contributed by atoms with Gasteiger partial charge in [-0.2, -0.15) is 0 Å². The van der Waals surface area contributed by atoms with E-state index in [4.69, 9.17) is 0 Å². The molecule has 1 aromatic carbocycles. The Hall–Kier alpha value is -1.92. The minimum atomic E-state index is 0.0401. The summed E-state index contributed by atoms with van der Waals surface area (Å²) in [6.07, 6.45) is 1.36. The predicted molar refractivity (Wildman–Crippen MR) is 93.9 cm³/mol. The van der Waals surface area contributed by atoms with Gasteiger partial charge in [0.1, 0.15) is 0 Å². The van der Waals surface area contributed by atoms with Gasteiger partial charge in [-0.25, -0.2) is 9.97 Å². The van der Waals surface area contributed by atoms with Crippen LogP contribution in [0.2, 0.25) is 0 Å². The maximum atomic E-state index is 11.8. The van der Waals surface area contributed by atoms with Crippen LogP contribution in [-0.2, 0) is 4.79 Å². The van der Waals surface area contributed by atoms with Crippen molar-refractivity contribution in [1.29, 1.82) is 0 Å². The van der Waals surface area contributed by atoms with Crippen molar-refractivity contribution in [2.75, 3.05) is 18.9 Å². The summed E-state index contributed by atoms with van der Waals surface area (Å²) in [6, 6.07) is 9.70. The van der Waals surface area contributed by atoms with Crippen molar-refractivity contribution in [3.63, 3.8) is 0 Å². The molecule has 0 bridgehead atoms. The minimum Gasteiger partial charge on any atom is -0.326 e. The predicted octanol–water partition coefficient (Wildman–Crippen LogP) is 3.18. The van der Waals surface area contributed by atoms with Crippen molar-refractivity contribution in [3.05, 3.63) is 41.7 Å². The molecule has 0 aliphatic carbocycles. The van der Waals surface area contributed by atoms with E-state index in [1.807, 2.05) is 51.2 Å². The molecule has 2 N–H and O–H groups in total. The number of hydrogen-bond donors (Lipinski definition) is 2. The fourth-order valence-corrected chi connectivity index (χ4v) is 2.96. The number of aromatic nitrogens is 2. The minimum absolute atomic E-state index is 0.0401. The van der Waals surface area contributed by atoms with Crippen molar-refractivity contribution >= 4 is 23.4 Å². The van der Waals surface area contributed by atoms with Crippen LogP contribution in [0.5, 0.6) is 0 Å². The Balaban J connectivity index is 1.92. The third-order valence-corrected chi connectivity index (χ3v) is 4.01. The second-order valence-corrected chi connectivity index (χ2v) is 6.36. The molecule has 0 unspecified atom stereocenters. The molecule has 23 heavy (non-hydrogen) atoms. The molecule has 0 radical (unpaired) electrons. The molecule has 5 nitrogen and oxygen atoms in total. The molecule has 0 aliphatic rings. The van der Waals surface area contributed by atoms with Gasteiger partial charge >= 0.3 is 0 Å². The lowest BCUT2D eigenvalue weighted by Crippen LogP contribution is -2.15. The Labute approximate surface area is 141 Å². The number of amides is 1. The number of carbonyl (C=O) groups excluding carboxylic acids is 1. The lowest BCUT2D eigenvalue weighted by Gasteiger charge is -2.07. The van der Waals surface area contributed by atoms with Gasteiger partial charge in [-0.05, 0) is 76.0 Å². The molecular formula is C17H22N4OS. The lowest BCUT2D eigenvalue weighted by atomic mass is 10.2. The number of hydrogen-bond acceptors (Lipinski definition) is 5. The number of benzene rings is 1. The van der Waals surface area contributed by atoms with Gasteiger partial charge in [-0.3, -0.25) is 4.79 Å². The first-order chi connectivity index (χ1) is 11.1. The Morgan fingerprint density at radius 2 is 1.78 bits per heavy atom. The monoisotopic (exact) mass is 330 g/mol. The highest BCUT2D eigenvalue weighted by Crippen LogP contribution is 2.26. The zero-order valence-electron chi connectivity index (χ0n) is 13.7. The van der Waals surface area contributed by atoms with Crippen LogP contribution in [0.25, 0.3) is 0 Å². The summed E-state index contributed by atoms with van der Waals surface area (Å²) in [6.45, 7) is 4.77. The lowest BCUT2D eigenvalue weighted by molar-refractivity contribution is -0.116. The van der Waals surface area contributed by atoms with Gasteiger partial charge in [0.15, 0.2) is 5.16 Å². The first-order valence-corrected chi connectivity index (χ1v) is 8.43. The Morgan fingerprint density at radius 1 is 1.13 bits per heavy atom. The zero-order chi connectivity index (χ0) is 16.7. The van der Waals surface area contributed by atoms with E-state index in [9.17, 15) is 4.79 Å². The van der Waals surface area contributed by atoms with E-state index in [0.717, 1.165) is 40.1 Å². The molecule has 0 fully saturated rings. The van der Waals surface area contributed by atoms with E-state index in [-0.39, 0.29) is 5.91 Å². The maximum absolute atomic E-state index is 11.8. The summed E-state index contributed by atoms with van der Waals surface area (Å²) in [5.41, 5.74) is 2.74. The second kappa shape index (κ2) is 8.64. The van der Waals surface area contributed by atoms with Crippen molar-refractivity contribution in [2.24, 2.45) is 0 Å². The highest BCUT2D eigenvalue weighted by molar-refractivity contribution is 7.99. The van der Waals surface area contributed by atoms with Crippen LogP contribution in [0.4, 0.5) is 5.69 Å². The fourth-order valence-electron chi connectivity index (χ4n) is 2.10. The van der Waals surface area contributed by atoms with Crippen LogP contribution in [0, 0.1) is 13.8 Å². The first-order valence-electron chi connectivity index (χ1n) is 7.61. The van der Waals surface area contributed by atoms with Gasteiger partial charge in [0, 0.05) is 28.4 Å². The SMILES string of the molecule is CNCCCC(=O)Nc1ccc(Sc2nc(C)cc(C)n2)cc1. The number of nitrogens with one attached hydrogen (secondary N) is 2. The quantitative estimate of drug-likeness (QED) is 0.603. The average molecular weight is 330 g/mol. The van der Waals surface area contributed by atoms with Gasteiger partial charge in [0.2, 0.25) is 5.91 Å². The van der Waals surface area contributed by atoms with Crippen LogP contribution < -0.4 is 10.6 Å². The molecule has 2 aromatic rings. The number of aryl methyl sites for hydroxylation is 2. The van der Waals surface area contributed by atoms with Crippen molar-refractivity contribution in [2.45, 2.75) is 36.7 Å². The molecule has 0 atom stereocenters. The number of anilines is 1. The van der Waals surface area contributed by atoms with Gasteiger partial charge in [-0.1, -0.05) is 0 Å². The molecule has 1 aromatic heterocycles. The van der Waals surface area contributed by atoms with E-state index in [1.54, 1.807) is 0 Å². The summed E-state index contributed by atoms with van der Waals surface area (Å²) < 4.78 is 0. The van der Waals surface area contributed by atoms with Crippen LogP contribution in [0.1, 0.15) is 24.2 Å². The zero-order valence-corrected chi connectivity index (χ0v) is 14.5. The normalized spacial score (nSPS) is 10.6. The smallest absolute Gasteiger partial charge is 0.224 e. The molecule has 1 amide bonds. The van der Waals surface area contributed by atoms with Gasteiger partial charge in [0.25, 0.3) is 0 Å². The third-order valence-electron chi connectivity index (χ3n) is 3.14. The van der Waals surface area contributed by atoms with Crippen LogP contribution >= 0.6 is 11.8 Å². The first kappa shape index (κ1) is 17.4. The van der Waals surface area contributed by atoms with E-state index in [2.05, 4.69) is 20.6 Å². The highest BCUT2D eigenvalue weighted by Gasteiger charge is 2.05. The molecule has 6 heteroatoms. The van der Waals surface area contributed by atoms with E-state index < -0.39 is 0 Å². The summed E-state index contributed by atoms with van der Waals surface area (Å²) in [5.74, 6) is 0.0401. The molecule has 0 saturated heterocycles. The Kier molecular flexibility index (Phi) is 6.55. The van der Waals surface area contributed by atoms with Crippen molar-refractivity contribution in [1.82, 2.24) is 15.3 Å². The summed E-state index contributed by atoms with van der Waals surface area (Å²) in [7, 11) is 1.88. The summed E-state index contributed by atoms with van der Waals surface area (Å²) in [5, 5.41) is 6.68. The number of rotatable bonds is 7. The molecule has 1 heterocycles. The van der Waals surface area contributed by atoms with Crippen LogP contribution in [0.3, 0.4) is 0 Å². The van der Waals surface area contributed by atoms with Crippen molar-refractivity contribution < 1.29 is 4.79 Å². The average Bonchev–Trinajstić information content (AvgIpc) is 2.48. The largest absolute Gasteiger partial charge is 0.326 e. The van der Waals surface area contributed by atoms with E-state index in [0.29, 0.717) is 6.42 Å². The molecule has 122 valence electrons. The summed E-state index contributed by atoms with van der Waals surface area (Å²) >= 11 is 1.52. The Bertz CT molecular complexity index is 638. The third kappa shape index (κ3) is 6.00. The van der Waals surface area contributed by atoms with Gasteiger partial charge in [-0.15, -0.1) is 0 Å². The Morgan fingerprint density at radius 3 is 2.39 bits per heavy atom. The molecular weight excluding hydrogens is 308 g/mol. The number of nitrogens with zero attached hydrogens (tertiary/aromatic N) is 2.